The van der Waals surface area contributed by atoms with Crippen molar-refractivity contribution in [1.82, 2.24) is 10.2 Å². The summed E-state index contributed by atoms with van der Waals surface area (Å²) in [6.07, 6.45) is 0.735. The van der Waals surface area contributed by atoms with Gasteiger partial charge in [-0.25, -0.2) is 8.42 Å². The number of sulfonamides is 1. The van der Waals surface area contributed by atoms with Gasteiger partial charge in [0.1, 0.15) is 12.6 Å². The first kappa shape index (κ1) is 31.2. The largest absolute Gasteiger partial charge is 0.352 e. The summed E-state index contributed by atoms with van der Waals surface area (Å²) >= 11 is 6.05. The van der Waals surface area contributed by atoms with Gasteiger partial charge in [0.05, 0.1) is 10.6 Å². The van der Waals surface area contributed by atoms with Crippen molar-refractivity contribution in [2.75, 3.05) is 10.8 Å². The van der Waals surface area contributed by atoms with Crippen molar-refractivity contribution >= 4 is 39.1 Å². The molecule has 0 saturated heterocycles. The molecule has 3 rings (SSSR count). The van der Waals surface area contributed by atoms with Crippen LogP contribution in [0.15, 0.2) is 83.8 Å². The lowest BCUT2D eigenvalue weighted by molar-refractivity contribution is -0.139. The van der Waals surface area contributed by atoms with E-state index < -0.39 is 28.5 Å². The number of rotatable bonds is 12. The molecule has 40 heavy (non-hydrogen) atoms. The molecule has 9 heteroatoms. The Morgan fingerprint density at radius 3 is 2.02 bits per heavy atom. The number of nitrogens with zero attached hydrogens (tertiary/aromatic N) is 2. The number of hydrogen-bond donors (Lipinski definition) is 1. The summed E-state index contributed by atoms with van der Waals surface area (Å²) in [6, 6.07) is 21.3. The first-order valence-electron chi connectivity index (χ1n) is 13.5. The predicted octanol–water partition coefficient (Wildman–Crippen LogP) is 5.99. The minimum Gasteiger partial charge on any atom is -0.352 e. The third kappa shape index (κ3) is 7.86. The number of hydrogen-bond acceptors (Lipinski definition) is 4. The number of nitrogens with one attached hydrogen (secondary N) is 1. The molecule has 0 radical (unpaired) electrons. The number of amides is 2. The van der Waals surface area contributed by atoms with E-state index in [1.165, 1.54) is 17.0 Å². The highest BCUT2D eigenvalue weighted by Gasteiger charge is 2.32. The van der Waals surface area contributed by atoms with Crippen molar-refractivity contribution in [1.29, 1.82) is 0 Å². The summed E-state index contributed by atoms with van der Waals surface area (Å²) in [5.41, 5.74) is 2.18. The molecule has 7 nitrogen and oxygen atoms in total. The molecule has 3 aromatic carbocycles. The highest BCUT2D eigenvalue weighted by atomic mass is 35.5. The molecule has 2 amide bonds. The van der Waals surface area contributed by atoms with Crippen LogP contribution in [0.5, 0.6) is 0 Å². The van der Waals surface area contributed by atoms with Crippen LogP contribution in [-0.4, -0.2) is 43.8 Å². The monoisotopic (exact) mass is 583 g/mol. The van der Waals surface area contributed by atoms with Crippen molar-refractivity contribution in [3.63, 3.8) is 0 Å². The predicted molar refractivity (Wildman–Crippen MR) is 161 cm³/mol. The summed E-state index contributed by atoms with van der Waals surface area (Å²) in [4.78, 5) is 28.6. The number of anilines is 1. The highest BCUT2D eigenvalue weighted by Crippen LogP contribution is 2.26. The lowest BCUT2D eigenvalue weighted by Gasteiger charge is -2.32. The van der Waals surface area contributed by atoms with E-state index >= 15 is 0 Å². The Hall–Kier alpha value is -3.36. The Morgan fingerprint density at radius 2 is 1.48 bits per heavy atom. The van der Waals surface area contributed by atoms with Gasteiger partial charge >= 0.3 is 0 Å². The molecular weight excluding hydrogens is 546 g/mol. The zero-order valence-electron chi connectivity index (χ0n) is 23.7. The summed E-state index contributed by atoms with van der Waals surface area (Å²) in [6.45, 7) is 9.24. The third-order valence-electron chi connectivity index (χ3n) is 6.89. The van der Waals surface area contributed by atoms with Crippen LogP contribution < -0.4 is 9.62 Å². The smallest absolute Gasteiger partial charge is 0.264 e. The molecule has 0 aliphatic carbocycles. The van der Waals surface area contributed by atoms with Crippen LogP contribution in [0, 0.1) is 0 Å². The van der Waals surface area contributed by atoms with E-state index in [-0.39, 0.29) is 29.3 Å². The average Bonchev–Trinajstić information content (AvgIpc) is 2.95. The van der Waals surface area contributed by atoms with Crippen molar-refractivity contribution in [3.8, 4) is 0 Å². The molecule has 0 aliphatic rings. The van der Waals surface area contributed by atoms with Crippen LogP contribution in [0.3, 0.4) is 0 Å². The van der Waals surface area contributed by atoms with Gasteiger partial charge in [0, 0.05) is 17.6 Å². The number of carbonyl (C=O) groups excluding carboxylic acids is 2. The van der Waals surface area contributed by atoms with Gasteiger partial charge in [0.2, 0.25) is 11.8 Å². The molecule has 2 atom stereocenters. The fourth-order valence-corrected chi connectivity index (χ4v) is 5.67. The van der Waals surface area contributed by atoms with Gasteiger partial charge in [-0.3, -0.25) is 13.9 Å². The van der Waals surface area contributed by atoms with Gasteiger partial charge in [-0.15, -0.1) is 0 Å². The fourth-order valence-electron chi connectivity index (χ4n) is 4.11. The minimum absolute atomic E-state index is 0.0718. The summed E-state index contributed by atoms with van der Waals surface area (Å²) < 4.78 is 28.8. The third-order valence-corrected chi connectivity index (χ3v) is 8.93. The Balaban J connectivity index is 2.02. The van der Waals surface area contributed by atoms with Gasteiger partial charge in [-0.05, 0) is 73.7 Å². The molecule has 0 aromatic heterocycles. The quantitative estimate of drug-likeness (QED) is 0.284. The molecule has 0 bridgehead atoms. The molecule has 0 aliphatic heterocycles. The Morgan fingerprint density at radius 1 is 0.875 bits per heavy atom. The van der Waals surface area contributed by atoms with Crippen LogP contribution in [0.1, 0.15) is 58.1 Å². The zero-order valence-corrected chi connectivity index (χ0v) is 25.2. The van der Waals surface area contributed by atoms with E-state index in [0.29, 0.717) is 10.7 Å². The van der Waals surface area contributed by atoms with Crippen LogP contribution in [0.4, 0.5) is 5.69 Å². The topological polar surface area (TPSA) is 86.8 Å². The van der Waals surface area contributed by atoms with E-state index in [2.05, 4.69) is 19.2 Å². The van der Waals surface area contributed by atoms with Crippen LogP contribution >= 0.6 is 11.6 Å². The molecule has 0 fully saturated rings. The summed E-state index contributed by atoms with van der Waals surface area (Å²) in [5.74, 6) is -0.556. The molecule has 0 unspecified atom stereocenters. The second kappa shape index (κ2) is 13.8. The molecule has 214 valence electrons. The lowest BCUT2D eigenvalue weighted by atomic mass is 10.0. The lowest BCUT2D eigenvalue weighted by Crippen LogP contribution is -2.52. The standard InChI is InChI=1S/C31H38ClN3O4S/c1-6-23(4)33-31(37)24(5)34(20-25-12-16-27(32)17-13-25)30(36)21-35(28-18-14-26(15-19-28)22(2)3)40(38,39)29-10-8-7-9-11-29/h7-19,22-24H,6,20-21H2,1-5H3,(H,33,37)/t23-,24-/m0/s1. The van der Waals surface area contributed by atoms with Gasteiger partial charge < -0.3 is 10.2 Å². The van der Waals surface area contributed by atoms with Gasteiger partial charge in [0.25, 0.3) is 10.0 Å². The van der Waals surface area contributed by atoms with E-state index in [1.807, 2.05) is 26.0 Å². The maximum atomic E-state index is 14.0. The maximum absolute atomic E-state index is 14.0. The minimum atomic E-state index is -4.10. The molecule has 0 spiro atoms. The second-order valence-corrected chi connectivity index (χ2v) is 12.5. The van der Waals surface area contributed by atoms with E-state index in [9.17, 15) is 18.0 Å². The molecule has 0 saturated carbocycles. The van der Waals surface area contributed by atoms with Crippen molar-refractivity contribution < 1.29 is 18.0 Å². The van der Waals surface area contributed by atoms with Gasteiger partial charge in [0.15, 0.2) is 0 Å². The molecule has 0 heterocycles. The maximum Gasteiger partial charge on any atom is 0.264 e. The average molecular weight is 584 g/mol. The van der Waals surface area contributed by atoms with Crippen LogP contribution in [-0.2, 0) is 26.2 Å². The molecule has 1 N–H and O–H groups in total. The van der Waals surface area contributed by atoms with Crippen molar-refractivity contribution in [3.05, 3.63) is 95.0 Å². The number of benzene rings is 3. The summed E-state index contributed by atoms with van der Waals surface area (Å²) in [5, 5.41) is 3.48. The first-order valence-corrected chi connectivity index (χ1v) is 15.3. The van der Waals surface area contributed by atoms with Crippen LogP contribution in [0.2, 0.25) is 5.02 Å². The SMILES string of the molecule is CC[C@H](C)NC(=O)[C@H](C)N(Cc1ccc(Cl)cc1)C(=O)CN(c1ccc(C(C)C)cc1)S(=O)(=O)c1ccccc1. The molecular formula is C31H38ClN3O4S. The van der Waals surface area contributed by atoms with E-state index in [0.717, 1.165) is 21.9 Å². The Bertz CT molecular complexity index is 1380. The summed E-state index contributed by atoms with van der Waals surface area (Å²) in [7, 11) is -4.10. The van der Waals surface area contributed by atoms with Gasteiger partial charge in [-0.2, -0.15) is 0 Å². The Labute approximate surface area is 243 Å². The highest BCUT2D eigenvalue weighted by molar-refractivity contribution is 7.92. The number of halogens is 1. The second-order valence-electron chi connectivity index (χ2n) is 10.2. The Kier molecular flexibility index (Phi) is 10.8. The van der Waals surface area contributed by atoms with Crippen molar-refractivity contribution in [2.45, 2.75) is 70.5 Å². The first-order chi connectivity index (χ1) is 18.9. The van der Waals surface area contributed by atoms with Crippen LogP contribution in [0.25, 0.3) is 0 Å². The number of carbonyl (C=O) groups is 2. The van der Waals surface area contributed by atoms with E-state index in [4.69, 9.17) is 11.6 Å². The van der Waals surface area contributed by atoms with Gasteiger partial charge in [-0.1, -0.05) is 74.8 Å². The zero-order chi connectivity index (χ0) is 29.4. The van der Waals surface area contributed by atoms with E-state index in [1.54, 1.807) is 61.5 Å². The molecule has 3 aromatic rings. The van der Waals surface area contributed by atoms with Crippen molar-refractivity contribution in [2.24, 2.45) is 0 Å². The fraction of sp³-hybridized carbons (Fsp3) is 0.355. The normalized spacial score (nSPS) is 13.0.